The zero-order valence-corrected chi connectivity index (χ0v) is 12.3. The summed E-state index contributed by atoms with van der Waals surface area (Å²) in [7, 11) is -3.73. The summed E-state index contributed by atoms with van der Waals surface area (Å²) >= 11 is 0. The molecule has 0 amide bonds. The maximum absolute atomic E-state index is 12.2. The third-order valence-corrected chi connectivity index (χ3v) is 4.28. The Labute approximate surface area is 119 Å². The second-order valence-corrected chi connectivity index (χ2v) is 6.14. The largest absolute Gasteiger partial charge is 0.465 e. The molecule has 7 heteroatoms. The lowest BCUT2D eigenvalue weighted by Crippen LogP contribution is -2.38. The molecule has 0 aromatic heterocycles. The van der Waals surface area contributed by atoms with Crippen LogP contribution < -0.4 is 5.73 Å². The predicted octanol–water partition coefficient (Wildman–Crippen LogP) is 0.340. The van der Waals surface area contributed by atoms with Crippen LogP contribution in [-0.2, 0) is 26.1 Å². The van der Waals surface area contributed by atoms with E-state index >= 15 is 0 Å². The van der Waals surface area contributed by atoms with E-state index < -0.39 is 21.7 Å². The molecule has 0 radical (unpaired) electrons. The Morgan fingerprint density at radius 3 is 2.50 bits per heavy atom. The monoisotopic (exact) mass is 300 g/mol. The van der Waals surface area contributed by atoms with Crippen molar-refractivity contribution in [2.24, 2.45) is 5.73 Å². The lowest BCUT2D eigenvalue weighted by atomic mass is 10.2. The molecule has 0 aliphatic rings. The summed E-state index contributed by atoms with van der Waals surface area (Å²) in [4.78, 5) is 11.4. The van der Waals surface area contributed by atoms with Gasteiger partial charge in [-0.25, -0.2) is 8.42 Å². The average molecular weight is 300 g/mol. The first kappa shape index (κ1) is 16.6. The predicted molar refractivity (Wildman–Crippen MR) is 76.3 cm³/mol. The highest BCUT2D eigenvalue weighted by molar-refractivity contribution is 7.89. The third kappa shape index (κ3) is 5.28. The van der Waals surface area contributed by atoms with Gasteiger partial charge in [0.05, 0.1) is 6.61 Å². The Kier molecular flexibility index (Phi) is 6.63. The van der Waals surface area contributed by atoms with Crippen molar-refractivity contribution in [1.29, 1.82) is 0 Å². The van der Waals surface area contributed by atoms with Crippen LogP contribution in [0.5, 0.6) is 0 Å². The third-order valence-electron chi connectivity index (χ3n) is 2.58. The van der Waals surface area contributed by atoms with Crippen LogP contribution in [0.4, 0.5) is 0 Å². The fourth-order valence-corrected chi connectivity index (χ4v) is 2.98. The quantitative estimate of drug-likeness (QED) is 0.699. The van der Waals surface area contributed by atoms with Gasteiger partial charge >= 0.3 is 5.97 Å². The molecule has 0 heterocycles. The molecular weight excluding hydrogens is 280 g/mol. The summed E-state index contributed by atoms with van der Waals surface area (Å²) in [6.45, 7) is 2.33. The van der Waals surface area contributed by atoms with E-state index in [-0.39, 0.29) is 26.2 Å². The van der Waals surface area contributed by atoms with Gasteiger partial charge in [-0.15, -0.1) is 0 Å². The molecule has 112 valence electrons. The van der Waals surface area contributed by atoms with Crippen molar-refractivity contribution in [2.75, 3.05) is 25.4 Å². The van der Waals surface area contributed by atoms with Crippen LogP contribution in [0.3, 0.4) is 0 Å². The number of nitrogens with zero attached hydrogens (tertiary/aromatic N) is 1. The second-order valence-electron chi connectivity index (χ2n) is 4.17. The SMILES string of the molecule is CCOC(=O)CS(=O)(=O)N(CCN)Cc1ccccc1. The summed E-state index contributed by atoms with van der Waals surface area (Å²) in [5.74, 6) is -1.41. The van der Waals surface area contributed by atoms with Crippen molar-refractivity contribution < 1.29 is 17.9 Å². The Morgan fingerprint density at radius 2 is 1.95 bits per heavy atom. The summed E-state index contributed by atoms with van der Waals surface area (Å²) in [5.41, 5.74) is 6.29. The number of nitrogens with two attached hydrogens (primary N) is 1. The molecule has 0 spiro atoms. The normalized spacial score (nSPS) is 11.6. The molecule has 0 aliphatic heterocycles. The highest BCUT2D eigenvalue weighted by Crippen LogP contribution is 2.09. The van der Waals surface area contributed by atoms with Crippen molar-refractivity contribution in [3.8, 4) is 0 Å². The van der Waals surface area contributed by atoms with E-state index in [1.165, 1.54) is 4.31 Å². The van der Waals surface area contributed by atoms with E-state index in [9.17, 15) is 13.2 Å². The number of hydrogen-bond donors (Lipinski definition) is 1. The van der Waals surface area contributed by atoms with E-state index in [1.807, 2.05) is 30.3 Å². The molecule has 0 aliphatic carbocycles. The van der Waals surface area contributed by atoms with Crippen LogP contribution in [0.2, 0.25) is 0 Å². The molecule has 0 fully saturated rings. The van der Waals surface area contributed by atoms with E-state index in [2.05, 4.69) is 4.74 Å². The van der Waals surface area contributed by atoms with Gasteiger partial charge in [0.2, 0.25) is 10.0 Å². The minimum atomic E-state index is -3.73. The van der Waals surface area contributed by atoms with Gasteiger partial charge in [-0.3, -0.25) is 4.79 Å². The minimum Gasteiger partial charge on any atom is -0.465 e. The van der Waals surface area contributed by atoms with Crippen LogP contribution in [0.1, 0.15) is 12.5 Å². The summed E-state index contributed by atoms with van der Waals surface area (Å²) in [5, 5.41) is 0. The van der Waals surface area contributed by atoms with E-state index in [0.29, 0.717) is 0 Å². The standard InChI is InChI=1S/C13H20N2O4S/c1-2-19-13(16)11-20(17,18)15(9-8-14)10-12-6-4-3-5-7-12/h3-7H,2,8-11,14H2,1H3. The number of ether oxygens (including phenoxy) is 1. The lowest BCUT2D eigenvalue weighted by Gasteiger charge is -2.21. The molecule has 1 aromatic rings. The Bertz CT molecular complexity index is 516. The number of hydrogen-bond acceptors (Lipinski definition) is 5. The van der Waals surface area contributed by atoms with Gasteiger partial charge in [0.15, 0.2) is 5.75 Å². The Hall–Kier alpha value is -1.44. The molecular formula is C13H20N2O4S. The van der Waals surface area contributed by atoms with Crippen molar-refractivity contribution in [3.63, 3.8) is 0 Å². The number of benzene rings is 1. The first-order valence-corrected chi connectivity index (χ1v) is 7.98. The maximum Gasteiger partial charge on any atom is 0.322 e. The van der Waals surface area contributed by atoms with E-state index in [1.54, 1.807) is 6.92 Å². The summed E-state index contributed by atoms with van der Waals surface area (Å²) in [6, 6.07) is 9.15. The molecule has 1 rings (SSSR count). The number of carbonyl (C=O) groups is 1. The molecule has 0 saturated carbocycles. The van der Waals surface area contributed by atoms with Crippen LogP contribution in [-0.4, -0.2) is 44.1 Å². The molecule has 2 N–H and O–H groups in total. The van der Waals surface area contributed by atoms with E-state index in [0.717, 1.165) is 5.56 Å². The van der Waals surface area contributed by atoms with Gasteiger partial charge in [-0.2, -0.15) is 4.31 Å². The van der Waals surface area contributed by atoms with Crippen LogP contribution in [0, 0.1) is 0 Å². The molecule has 6 nitrogen and oxygen atoms in total. The summed E-state index contributed by atoms with van der Waals surface area (Å²) in [6.07, 6.45) is 0. The number of rotatable bonds is 8. The minimum absolute atomic E-state index is 0.157. The van der Waals surface area contributed by atoms with Gasteiger partial charge in [0, 0.05) is 19.6 Å². The lowest BCUT2D eigenvalue weighted by molar-refractivity contribution is -0.140. The van der Waals surface area contributed by atoms with Gasteiger partial charge in [0.1, 0.15) is 0 Å². The van der Waals surface area contributed by atoms with Crippen LogP contribution in [0.25, 0.3) is 0 Å². The topological polar surface area (TPSA) is 89.7 Å². The molecule has 0 unspecified atom stereocenters. The van der Waals surface area contributed by atoms with Crippen molar-refractivity contribution in [2.45, 2.75) is 13.5 Å². The fourth-order valence-electron chi connectivity index (χ4n) is 1.69. The van der Waals surface area contributed by atoms with Crippen molar-refractivity contribution >= 4 is 16.0 Å². The zero-order chi connectivity index (χ0) is 15.0. The molecule has 1 aromatic carbocycles. The first-order valence-electron chi connectivity index (χ1n) is 6.37. The Balaban J connectivity index is 2.81. The van der Waals surface area contributed by atoms with Crippen LogP contribution in [0.15, 0.2) is 30.3 Å². The summed E-state index contributed by atoms with van der Waals surface area (Å²) < 4.78 is 30.2. The first-order chi connectivity index (χ1) is 9.49. The average Bonchev–Trinajstić information content (AvgIpc) is 2.39. The van der Waals surface area contributed by atoms with Crippen molar-refractivity contribution in [3.05, 3.63) is 35.9 Å². The second kappa shape index (κ2) is 7.98. The highest BCUT2D eigenvalue weighted by atomic mass is 32.2. The smallest absolute Gasteiger partial charge is 0.322 e. The zero-order valence-electron chi connectivity index (χ0n) is 11.5. The molecule has 0 bridgehead atoms. The van der Waals surface area contributed by atoms with Gasteiger partial charge < -0.3 is 10.5 Å². The number of carbonyl (C=O) groups excluding carboxylic acids is 1. The highest BCUT2D eigenvalue weighted by Gasteiger charge is 2.25. The maximum atomic E-state index is 12.2. The molecule has 20 heavy (non-hydrogen) atoms. The molecule has 0 saturated heterocycles. The fraction of sp³-hybridized carbons (Fsp3) is 0.462. The molecule has 0 atom stereocenters. The van der Waals surface area contributed by atoms with Gasteiger partial charge in [-0.05, 0) is 12.5 Å². The van der Waals surface area contributed by atoms with E-state index in [4.69, 9.17) is 5.73 Å². The Morgan fingerprint density at radius 1 is 1.30 bits per heavy atom. The van der Waals surface area contributed by atoms with Crippen molar-refractivity contribution in [1.82, 2.24) is 4.31 Å². The number of esters is 1. The van der Waals surface area contributed by atoms with Crippen LogP contribution >= 0.6 is 0 Å². The van der Waals surface area contributed by atoms with Gasteiger partial charge in [-0.1, -0.05) is 30.3 Å². The number of sulfonamides is 1. The van der Waals surface area contributed by atoms with Gasteiger partial charge in [0.25, 0.3) is 0 Å².